The highest BCUT2D eigenvalue weighted by molar-refractivity contribution is 7.17. The molecule has 1 saturated carbocycles. The van der Waals surface area contributed by atoms with Crippen LogP contribution in [-0.2, 0) is 9.22 Å². The first-order chi connectivity index (χ1) is 27.0. The van der Waals surface area contributed by atoms with E-state index in [2.05, 4.69) is 100 Å². The van der Waals surface area contributed by atoms with Crippen LogP contribution in [0.15, 0.2) is 107 Å². The number of amides is 2. The highest BCUT2D eigenvalue weighted by Crippen LogP contribution is 2.41. The number of pyridine rings is 1. The van der Waals surface area contributed by atoms with Gasteiger partial charge in [0.2, 0.25) is 21.9 Å². The fourth-order valence-electron chi connectivity index (χ4n) is 7.10. The van der Waals surface area contributed by atoms with Crippen molar-refractivity contribution in [1.82, 2.24) is 25.0 Å². The summed E-state index contributed by atoms with van der Waals surface area (Å²) in [6.07, 6.45) is 4.39. The minimum atomic E-state index is -2.84. The highest BCUT2D eigenvalue weighted by Gasteiger charge is 2.52. The van der Waals surface area contributed by atoms with Crippen molar-refractivity contribution < 1.29 is 27.9 Å². The molecule has 56 heavy (non-hydrogen) atoms. The Morgan fingerprint density at radius 3 is 2.27 bits per heavy atom. The Morgan fingerprint density at radius 2 is 1.61 bits per heavy atom. The van der Waals surface area contributed by atoms with Crippen molar-refractivity contribution in [1.29, 1.82) is 0 Å². The molecule has 0 unspecified atom stereocenters. The van der Waals surface area contributed by atoms with E-state index in [4.69, 9.17) is 18.3 Å². The standard InChI is InChI=1S/C40H41N7O7SSi/c1-25(48)43-33-20-22-42-47(33)39-46-45-38(55-39)44-36(49)32-24-30(34-31(51-5)17-12-21-41-34)35(37(50)53-32)52-26-18-19-27(23-26)54-56(40(2,3)4,28-13-8-6-9-14-28)29-15-10-7-11-16-29/h6-17,20-22,24,26-27H,18-19,23H2,1-5H3,(H,43,48)(H,44,45,49)/t26-,27+/m0/s1. The van der Waals surface area contributed by atoms with Crippen LogP contribution in [0.2, 0.25) is 5.04 Å². The molecule has 0 saturated heterocycles. The van der Waals surface area contributed by atoms with E-state index in [1.807, 2.05) is 12.1 Å². The summed E-state index contributed by atoms with van der Waals surface area (Å²) < 4.78 is 26.5. The molecule has 16 heteroatoms. The molecular formula is C40H41N7O7SSi. The summed E-state index contributed by atoms with van der Waals surface area (Å²) in [5, 5.41) is 20.1. The lowest BCUT2D eigenvalue weighted by molar-refractivity contribution is -0.114. The smallest absolute Gasteiger partial charge is 0.379 e. The van der Waals surface area contributed by atoms with Crippen LogP contribution in [-0.4, -0.2) is 64.4 Å². The topological polar surface area (TPSA) is 173 Å². The van der Waals surface area contributed by atoms with Crippen LogP contribution < -0.4 is 36.1 Å². The van der Waals surface area contributed by atoms with Crippen molar-refractivity contribution in [2.75, 3.05) is 17.7 Å². The monoisotopic (exact) mass is 791 g/mol. The second kappa shape index (κ2) is 16.0. The molecule has 288 valence electrons. The molecular weight excluding hydrogens is 751 g/mol. The molecule has 2 amide bonds. The van der Waals surface area contributed by atoms with E-state index >= 15 is 0 Å². The van der Waals surface area contributed by atoms with Crippen molar-refractivity contribution >= 4 is 52.8 Å². The third-order valence-electron chi connectivity index (χ3n) is 9.52. The highest BCUT2D eigenvalue weighted by atomic mass is 32.1. The number of ether oxygens (including phenoxy) is 2. The first-order valence-electron chi connectivity index (χ1n) is 18.1. The second-order valence-corrected chi connectivity index (χ2v) is 19.5. The zero-order chi connectivity index (χ0) is 39.5. The molecule has 4 heterocycles. The first-order valence-corrected chi connectivity index (χ1v) is 20.8. The van der Waals surface area contributed by atoms with Gasteiger partial charge in [-0.15, -0.1) is 10.2 Å². The Morgan fingerprint density at radius 1 is 0.911 bits per heavy atom. The molecule has 0 bridgehead atoms. The molecule has 2 atom stereocenters. The summed E-state index contributed by atoms with van der Waals surface area (Å²) in [5.41, 5.74) is -0.326. The Labute approximate surface area is 328 Å². The largest absolute Gasteiger partial charge is 0.494 e. The number of anilines is 2. The minimum Gasteiger partial charge on any atom is -0.494 e. The zero-order valence-corrected chi connectivity index (χ0v) is 33.3. The molecule has 2 N–H and O–H groups in total. The number of aromatic nitrogens is 5. The number of benzene rings is 2. The number of methoxy groups -OCH3 is 1. The normalized spacial score (nSPS) is 15.7. The predicted molar refractivity (Wildman–Crippen MR) is 215 cm³/mol. The van der Waals surface area contributed by atoms with Gasteiger partial charge in [-0.1, -0.05) is 92.8 Å². The van der Waals surface area contributed by atoms with Crippen molar-refractivity contribution in [2.24, 2.45) is 0 Å². The summed E-state index contributed by atoms with van der Waals surface area (Å²) in [6, 6.07) is 27.3. The Kier molecular flexibility index (Phi) is 11.0. The van der Waals surface area contributed by atoms with Gasteiger partial charge in [0.25, 0.3) is 14.2 Å². The van der Waals surface area contributed by atoms with E-state index in [1.54, 1.807) is 24.4 Å². The van der Waals surface area contributed by atoms with Crippen LogP contribution in [0.3, 0.4) is 0 Å². The van der Waals surface area contributed by atoms with Gasteiger partial charge in [-0.2, -0.15) is 9.78 Å². The minimum absolute atomic E-state index is 0.0861. The summed E-state index contributed by atoms with van der Waals surface area (Å²) in [5.74, 6) is -0.684. The lowest BCUT2D eigenvalue weighted by Crippen LogP contribution is -2.67. The van der Waals surface area contributed by atoms with Crippen LogP contribution >= 0.6 is 11.3 Å². The molecule has 1 aliphatic carbocycles. The summed E-state index contributed by atoms with van der Waals surface area (Å²) in [6.45, 7) is 8.10. The third-order valence-corrected chi connectivity index (χ3v) is 15.4. The number of carbonyl (C=O) groups excluding carboxylic acids is 2. The number of rotatable bonds is 12. The number of hydrogen-bond donors (Lipinski definition) is 2. The van der Waals surface area contributed by atoms with Crippen LogP contribution in [0.25, 0.3) is 16.4 Å². The Hall–Kier alpha value is -5.97. The molecule has 7 rings (SSSR count). The zero-order valence-electron chi connectivity index (χ0n) is 31.5. The van der Waals surface area contributed by atoms with E-state index in [0.717, 1.165) is 17.8 Å². The lowest BCUT2D eigenvalue weighted by Gasteiger charge is -2.44. The van der Waals surface area contributed by atoms with E-state index in [0.29, 0.717) is 30.1 Å². The van der Waals surface area contributed by atoms with Gasteiger partial charge < -0.3 is 23.6 Å². The van der Waals surface area contributed by atoms with E-state index < -0.39 is 26.0 Å². The molecule has 1 aliphatic rings. The van der Waals surface area contributed by atoms with Crippen LogP contribution in [0.1, 0.15) is 57.5 Å². The maximum absolute atomic E-state index is 13.8. The summed E-state index contributed by atoms with van der Waals surface area (Å²) in [4.78, 5) is 43.5. The predicted octanol–water partition coefficient (Wildman–Crippen LogP) is 5.83. The van der Waals surface area contributed by atoms with Crippen molar-refractivity contribution in [3.05, 3.63) is 114 Å². The quantitative estimate of drug-likeness (QED) is 0.143. The number of nitrogens with one attached hydrogen (secondary N) is 2. The van der Waals surface area contributed by atoms with Gasteiger partial charge >= 0.3 is 5.63 Å². The van der Waals surface area contributed by atoms with Crippen LogP contribution in [0, 0.1) is 0 Å². The Bertz CT molecular complexity index is 2360. The van der Waals surface area contributed by atoms with Gasteiger partial charge in [0.05, 0.1) is 18.9 Å². The average Bonchev–Trinajstić information content (AvgIpc) is 3.96. The third kappa shape index (κ3) is 7.76. The first kappa shape index (κ1) is 38.3. The van der Waals surface area contributed by atoms with E-state index in [-0.39, 0.29) is 44.4 Å². The van der Waals surface area contributed by atoms with Gasteiger partial charge in [0.15, 0.2) is 5.76 Å². The number of hydrogen-bond acceptors (Lipinski definition) is 12. The fraction of sp³-hybridized carbons (Fsp3) is 0.275. The second-order valence-electron chi connectivity index (χ2n) is 14.3. The fourth-order valence-corrected chi connectivity index (χ4v) is 12.5. The van der Waals surface area contributed by atoms with Gasteiger partial charge in [-0.3, -0.25) is 19.9 Å². The molecule has 0 aliphatic heterocycles. The van der Waals surface area contributed by atoms with Gasteiger partial charge in [0, 0.05) is 37.8 Å². The molecule has 2 aromatic carbocycles. The van der Waals surface area contributed by atoms with Crippen molar-refractivity contribution in [2.45, 2.75) is 64.2 Å². The van der Waals surface area contributed by atoms with E-state index in [1.165, 1.54) is 41.4 Å². The molecule has 6 aromatic rings. The summed E-state index contributed by atoms with van der Waals surface area (Å²) in [7, 11) is -1.34. The molecule has 0 spiro atoms. The number of carbonyl (C=O) groups is 2. The lowest BCUT2D eigenvalue weighted by atomic mass is 10.1. The van der Waals surface area contributed by atoms with Crippen molar-refractivity contribution in [3.63, 3.8) is 0 Å². The summed E-state index contributed by atoms with van der Waals surface area (Å²) >= 11 is 1.00. The molecule has 0 radical (unpaired) electrons. The van der Waals surface area contributed by atoms with Crippen LogP contribution in [0.4, 0.5) is 10.9 Å². The van der Waals surface area contributed by atoms with Crippen molar-refractivity contribution in [3.8, 4) is 27.9 Å². The van der Waals surface area contributed by atoms with E-state index in [9.17, 15) is 14.4 Å². The Balaban J connectivity index is 1.16. The average molecular weight is 792 g/mol. The van der Waals surface area contributed by atoms with Gasteiger partial charge in [0.1, 0.15) is 23.4 Å². The van der Waals surface area contributed by atoms with Gasteiger partial charge in [-0.05, 0) is 40.4 Å². The maximum Gasteiger partial charge on any atom is 0.379 e. The molecule has 1 fully saturated rings. The maximum atomic E-state index is 13.8. The number of nitrogens with zero attached hydrogens (tertiary/aromatic N) is 5. The molecule has 14 nitrogen and oxygen atoms in total. The van der Waals surface area contributed by atoms with Crippen LogP contribution in [0.5, 0.6) is 11.5 Å². The van der Waals surface area contributed by atoms with Gasteiger partial charge in [-0.25, -0.2) is 4.79 Å². The SMILES string of the molecule is COc1cccnc1-c1cc(C(=O)Nc2nnc(-n3nccc3NC(C)=O)s2)oc(=O)c1O[C@H]1CC[C@@H](O[Si](c2ccccc2)(c2ccccc2)C(C)(C)C)C1. The molecule has 4 aromatic heterocycles.